The topological polar surface area (TPSA) is 82.2 Å². The third-order valence-corrected chi connectivity index (χ3v) is 3.04. The lowest BCUT2D eigenvalue weighted by atomic mass is 10.1. The zero-order valence-electron chi connectivity index (χ0n) is 13.8. The molecule has 0 aliphatic carbocycles. The quantitative estimate of drug-likeness (QED) is 0.840. The van der Waals surface area contributed by atoms with Crippen molar-refractivity contribution in [2.24, 2.45) is 0 Å². The summed E-state index contributed by atoms with van der Waals surface area (Å²) in [4.78, 5) is 11.5. The minimum Gasteiger partial charge on any atom is -0.444 e. The van der Waals surface area contributed by atoms with Gasteiger partial charge in [0, 0.05) is 29.9 Å². The van der Waals surface area contributed by atoms with Crippen molar-refractivity contribution in [3.8, 4) is 11.1 Å². The molecule has 0 fully saturated rings. The van der Waals surface area contributed by atoms with Gasteiger partial charge in [0.1, 0.15) is 17.2 Å². The van der Waals surface area contributed by atoms with Crippen molar-refractivity contribution in [3.05, 3.63) is 36.2 Å². The second-order valence-corrected chi connectivity index (χ2v) is 6.27. The van der Waals surface area contributed by atoms with Gasteiger partial charge in [-0.15, -0.1) is 0 Å². The number of ether oxygens (including phenoxy) is 1. The number of carbonyl (C=O) groups is 1. The number of carbonyl (C=O) groups excluding carboxylic acids is 1. The molecule has 0 aliphatic heterocycles. The first-order valence-electron chi connectivity index (χ1n) is 7.40. The van der Waals surface area contributed by atoms with E-state index in [1.165, 1.54) is 10.9 Å². The highest BCUT2D eigenvalue weighted by molar-refractivity contribution is 5.67. The van der Waals surface area contributed by atoms with Crippen LogP contribution in [0.4, 0.5) is 19.3 Å². The van der Waals surface area contributed by atoms with Crippen molar-refractivity contribution in [1.82, 2.24) is 15.1 Å². The third-order valence-electron chi connectivity index (χ3n) is 3.04. The van der Waals surface area contributed by atoms with E-state index in [0.717, 1.165) is 12.1 Å². The molecule has 0 bridgehead atoms. The molecule has 1 aromatic heterocycles. The van der Waals surface area contributed by atoms with E-state index in [1.54, 1.807) is 27.0 Å². The molecular weight excluding hydrogens is 318 g/mol. The van der Waals surface area contributed by atoms with Gasteiger partial charge in [0.2, 0.25) is 0 Å². The molecule has 0 atom stereocenters. The summed E-state index contributed by atoms with van der Waals surface area (Å²) in [6.07, 6.45) is 2.45. The van der Waals surface area contributed by atoms with Gasteiger partial charge in [-0.2, -0.15) is 5.10 Å². The first-order chi connectivity index (χ1) is 11.2. The fourth-order valence-electron chi connectivity index (χ4n) is 2.00. The minimum absolute atomic E-state index is 0.0769. The number of rotatable bonds is 4. The lowest BCUT2D eigenvalue weighted by Gasteiger charge is -2.19. The number of amides is 1. The predicted octanol–water partition coefficient (Wildman–Crippen LogP) is 2.94. The highest BCUT2D eigenvalue weighted by Gasteiger charge is 2.16. The van der Waals surface area contributed by atoms with Gasteiger partial charge in [0.05, 0.1) is 18.4 Å². The van der Waals surface area contributed by atoms with Crippen molar-refractivity contribution in [2.45, 2.75) is 32.9 Å². The smallest absolute Gasteiger partial charge is 0.407 e. The number of nitrogens with one attached hydrogen (secondary N) is 1. The Balaban J connectivity index is 1.97. The average Bonchev–Trinajstić information content (AvgIpc) is 2.89. The number of aromatic nitrogens is 2. The molecule has 1 amide bonds. The summed E-state index contributed by atoms with van der Waals surface area (Å²) in [5.41, 5.74) is 5.00. The molecule has 0 aliphatic rings. The van der Waals surface area contributed by atoms with Gasteiger partial charge in [0.25, 0.3) is 0 Å². The summed E-state index contributed by atoms with van der Waals surface area (Å²) in [6.45, 7) is 5.96. The van der Waals surface area contributed by atoms with Crippen LogP contribution < -0.4 is 11.1 Å². The SMILES string of the molecule is CC(C)(C)OC(=O)NCCn1cc(-c2cc(F)c(N)cc2F)cn1. The van der Waals surface area contributed by atoms with Crippen LogP contribution in [0.5, 0.6) is 0 Å². The van der Waals surface area contributed by atoms with E-state index in [9.17, 15) is 13.6 Å². The van der Waals surface area contributed by atoms with Gasteiger partial charge in [-0.1, -0.05) is 0 Å². The van der Waals surface area contributed by atoms with Crippen LogP contribution in [0.3, 0.4) is 0 Å². The second-order valence-electron chi connectivity index (χ2n) is 6.27. The van der Waals surface area contributed by atoms with Crippen LogP contribution in [0.1, 0.15) is 20.8 Å². The number of halogens is 2. The van der Waals surface area contributed by atoms with E-state index < -0.39 is 23.3 Å². The molecule has 3 N–H and O–H groups in total. The van der Waals surface area contributed by atoms with E-state index >= 15 is 0 Å². The molecule has 24 heavy (non-hydrogen) atoms. The van der Waals surface area contributed by atoms with Gasteiger partial charge in [0.15, 0.2) is 0 Å². The molecule has 0 spiro atoms. The molecule has 2 rings (SSSR count). The highest BCUT2D eigenvalue weighted by atomic mass is 19.1. The number of anilines is 1. The third kappa shape index (κ3) is 4.68. The summed E-state index contributed by atoms with van der Waals surface area (Å²) in [5, 5.41) is 6.65. The highest BCUT2D eigenvalue weighted by Crippen LogP contribution is 2.26. The van der Waals surface area contributed by atoms with Crippen molar-refractivity contribution >= 4 is 11.8 Å². The Morgan fingerprint density at radius 3 is 2.71 bits per heavy atom. The monoisotopic (exact) mass is 338 g/mol. The lowest BCUT2D eigenvalue weighted by molar-refractivity contribution is 0.0525. The van der Waals surface area contributed by atoms with Gasteiger partial charge >= 0.3 is 6.09 Å². The largest absolute Gasteiger partial charge is 0.444 e. The maximum atomic E-state index is 13.9. The van der Waals surface area contributed by atoms with E-state index in [0.29, 0.717) is 12.1 Å². The number of nitrogens with zero attached hydrogens (tertiary/aromatic N) is 2. The molecule has 1 heterocycles. The maximum absolute atomic E-state index is 13.9. The molecule has 0 saturated heterocycles. The molecule has 2 aromatic rings. The summed E-state index contributed by atoms with van der Waals surface area (Å²) in [5.74, 6) is -1.31. The van der Waals surface area contributed by atoms with Crippen molar-refractivity contribution in [2.75, 3.05) is 12.3 Å². The minimum atomic E-state index is -0.689. The number of nitrogens with two attached hydrogens (primary N) is 1. The zero-order chi connectivity index (χ0) is 17.9. The maximum Gasteiger partial charge on any atom is 0.407 e. The van der Waals surface area contributed by atoms with E-state index in [1.807, 2.05) is 0 Å². The van der Waals surface area contributed by atoms with Crippen LogP contribution >= 0.6 is 0 Å². The summed E-state index contributed by atoms with van der Waals surface area (Å²) in [7, 11) is 0. The van der Waals surface area contributed by atoms with E-state index in [-0.39, 0.29) is 17.8 Å². The van der Waals surface area contributed by atoms with Crippen molar-refractivity contribution < 1.29 is 18.3 Å². The number of nitrogen functional groups attached to an aromatic ring is 1. The number of hydrogen-bond donors (Lipinski definition) is 2. The van der Waals surface area contributed by atoms with E-state index in [2.05, 4.69) is 10.4 Å². The molecule has 6 nitrogen and oxygen atoms in total. The lowest BCUT2D eigenvalue weighted by Crippen LogP contribution is -2.34. The van der Waals surface area contributed by atoms with Gasteiger partial charge < -0.3 is 15.8 Å². The Morgan fingerprint density at radius 1 is 1.33 bits per heavy atom. The molecule has 8 heteroatoms. The molecule has 1 aromatic carbocycles. The fraction of sp³-hybridized carbons (Fsp3) is 0.375. The van der Waals surface area contributed by atoms with Crippen molar-refractivity contribution in [1.29, 1.82) is 0 Å². The van der Waals surface area contributed by atoms with Crippen molar-refractivity contribution in [3.63, 3.8) is 0 Å². The van der Waals surface area contributed by atoms with Crippen LogP contribution in [-0.2, 0) is 11.3 Å². The van der Waals surface area contributed by atoms with E-state index in [4.69, 9.17) is 10.5 Å². The Morgan fingerprint density at radius 2 is 2.04 bits per heavy atom. The molecule has 0 saturated carbocycles. The fourth-order valence-corrected chi connectivity index (χ4v) is 2.00. The summed E-state index contributed by atoms with van der Waals surface area (Å²) in [6, 6.07) is 1.97. The van der Waals surface area contributed by atoms with Crippen LogP contribution in [-0.4, -0.2) is 28.0 Å². The normalized spacial score (nSPS) is 11.4. The average molecular weight is 338 g/mol. The first kappa shape index (κ1) is 17.7. The van der Waals surface area contributed by atoms with Crippen LogP contribution in [0.2, 0.25) is 0 Å². The van der Waals surface area contributed by atoms with Gasteiger partial charge in [-0.25, -0.2) is 13.6 Å². The summed E-state index contributed by atoms with van der Waals surface area (Å²) >= 11 is 0. The number of hydrogen-bond acceptors (Lipinski definition) is 4. The summed E-state index contributed by atoms with van der Waals surface area (Å²) < 4.78 is 34.0. The number of benzene rings is 1. The molecule has 0 unspecified atom stereocenters. The standard InChI is InChI=1S/C16H20F2N4O2/c1-16(2,3)24-15(23)20-4-5-22-9-10(8-21-22)11-6-13(18)14(19)7-12(11)17/h6-9H,4-5,19H2,1-3H3,(H,20,23). The Labute approximate surface area is 138 Å². The predicted molar refractivity (Wildman–Crippen MR) is 86.2 cm³/mol. The van der Waals surface area contributed by atoms with Crippen LogP contribution in [0.15, 0.2) is 24.5 Å². The molecule has 130 valence electrons. The molecule has 0 radical (unpaired) electrons. The van der Waals surface area contributed by atoms with Gasteiger partial charge in [-0.05, 0) is 26.8 Å². The molecular formula is C16H20F2N4O2. The Bertz CT molecular complexity index is 738. The second kappa shape index (κ2) is 6.86. The van der Waals surface area contributed by atoms with Crippen LogP contribution in [0, 0.1) is 11.6 Å². The van der Waals surface area contributed by atoms with Crippen LogP contribution in [0.25, 0.3) is 11.1 Å². The number of alkyl carbamates (subject to hydrolysis) is 1. The van der Waals surface area contributed by atoms with Gasteiger partial charge in [-0.3, -0.25) is 4.68 Å². The zero-order valence-corrected chi connectivity index (χ0v) is 13.8. The Kier molecular flexibility index (Phi) is 5.06. The first-order valence-corrected chi connectivity index (χ1v) is 7.40. The Hall–Kier alpha value is -2.64.